The number of carboxylic acid groups (broad SMARTS) is 1. The molecule has 0 aliphatic carbocycles. The number of carbonyl (C=O) groups is 2. The Bertz CT molecular complexity index is 225. The smallest absolute Gasteiger partial charge is 0.332 e. The highest BCUT2D eigenvalue weighted by atomic mass is 16.6. The number of carboxylic acids is 1. The van der Waals surface area contributed by atoms with Crippen LogP contribution in [0.15, 0.2) is 12.7 Å². The zero-order valence-corrected chi connectivity index (χ0v) is 9.02. The van der Waals surface area contributed by atoms with E-state index in [1.807, 2.05) is 0 Å². The summed E-state index contributed by atoms with van der Waals surface area (Å²) in [6.45, 7) is 4.03. The molecule has 0 unspecified atom stereocenters. The van der Waals surface area contributed by atoms with Crippen molar-refractivity contribution < 1.29 is 28.9 Å². The monoisotopic (exact) mass is 232 g/mol. The molecule has 0 aromatic carbocycles. The predicted molar refractivity (Wildman–Crippen MR) is 55.0 cm³/mol. The Morgan fingerprint density at radius 3 is 2.50 bits per heavy atom. The molecule has 0 aromatic heterocycles. The van der Waals surface area contributed by atoms with Crippen LogP contribution in [0.2, 0.25) is 0 Å². The lowest BCUT2D eigenvalue weighted by Gasteiger charge is -2.04. The minimum absolute atomic E-state index is 0.0403. The quantitative estimate of drug-likeness (QED) is 0.330. The maximum atomic E-state index is 10.9. The van der Waals surface area contributed by atoms with E-state index in [1.54, 1.807) is 0 Å². The van der Waals surface area contributed by atoms with Gasteiger partial charge in [0.2, 0.25) is 0 Å². The highest BCUT2D eigenvalue weighted by molar-refractivity contribution is 5.70. The van der Waals surface area contributed by atoms with E-state index in [4.69, 9.17) is 14.6 Å². The molecule has 0 heterocycles. The van der Waals surface area contributed by atoms with Crippen LogP contribution in [0.4, 0.5) is 0 Å². The lowest BCUT2D eigenvalue weighted by atomic mass is 10.5. The molecule has 0 aliphatic heterocycles. The number of ether oxygens (including phenoxy) is 3. The van der Waals surface area contributed by atoms with Crippen LogP contribution in [-0.2, 0) is 23.8 Å². The molecule has 0 bridgehead atoms. The minimum atomic E-state index is -0.908. The van der Waals surface area contributed by atoms with Gasteiger partial charge in [0.25, 0.3) is 0 Å². The summed E-state index contributed by atoms with van der Waals surface area (Å²) in [5.74, 6) is -1.38. The first-order chi connectivity index (χ1) is 7.66. The van der Waals surface area contributed by atoms with E-state index in [0.29, 0.717) is 0 Å². The van der Waals surface area contributed by atoms with Gasteiger partial charge in [-0.2, -0.15) is 0 Å². The Labute approximate surface area is 93.8 Å². The molecular formula is C10H16O6. The third-order valence-electron chi connectivity index (χ3n) is 1.41. The standard InChI is InChI=1S/C10H16O6/c1-2-4-16-10(13)8-15-7-6-14-5-3-9(11)12/h2H,1,3-8H2,(H,11,12). The van der Waals surface area contributed by atoms with Gasteiger partial charge in [0.1, 0.15) is 13.2 Å². The molecule has 0 amide bonds. The summed E-state index contributed by atoms with van der Waals surface area (Å²) in [6.07, 6.45) is 1.42. The van der Waals surface area contributed by atoms with E-state index in [-0.39, 0.29) is 39.5 Å². The summed E-state index contributed by atoms with van der Waals surface area (Å²) < 4.78 is 14.5. The molecule has 92 valence electrons. The van der Waals surface area contributed by atoms with Crippen molar-refractivity contribution in [3.05, 3.63) is 12.7 Å². The molecule has 0 radical (unpaired) electrons. The van der Waals surface area contributed by atoms with Crippen molar-refractivity contribution in [3.63, 3.8) is 0 Å². The molecule has 6 heteroatoms. The molecule has 0 fully saturated rings. The molecule has 0 spiro atoms. The van der Waals surface area contributed by atoms with Gasteiger partial charge in [-0.05, 0) is 0 Å². The Kier molecular flexibility index (Phi) is 9.24. The summed E-state index contributed by atoms with van der Waals surface area (Å²) in [6, 6.07) is 0. The summed E-state index contributed by atoms with van der Waals surface area (Å²) in [4.78, 5) is 21.0. The first kappa shape index (κ1) is 14.6. The zero-order valence-electron chi connectivity index (χ0n) is 9.02. The Morgan fingerprint density at radius 1 is 1.19 bits per heavy atom. The zero-order chi connectivity index (χ0) is 12.2. The molecule has 0 saturated heterocycles. The Balaban J connectivity index is 3.17. The van der Waals surface area contributed by atoms with Crippen molar-refractivity contribution in [1.29, 1.82) is 0 Å². The van der Waals surface area contributed by atoms with Crippen molar-refractivity contribution in [3.8, 4) is 0 Å². The molecule has 0 aromatic rings. The Morgan fingerprint density at radius 2 is 1.88 bits per heavy atom. The molecule has 0 saturated carbocycles. The number of carbonyl (C=O) groups excluding carboxylic acids is 1. The predicted octanol–water partition coefficient (Wildman–Crippen LogP) is 0.223. The maximum absolute atomic E-state index is 10.9. The van der Waals surface area contributed by atoms with Gasteiger partial charge in [0, 0.05) is 0 Å². The van der Waals surface area contributed by atoms with Crippen LogP contribution in [0.1, 0.15) is 6.42 Å². The van der Waals surface area contributed by atoms with Crippen LogP contribution in [0.25, 0.3) is 0 Å². The van der Waals surface area contributed by atoms with Gasteiger partial charge in [-0.25, -0.2) is 4.79 Å². The summed E-state index contributed by atoms with van der Waals surface area (Å²) >= 11 is 0. The number of hydrogen-bond acceptors (Lipinski definition) is 5. The fourth-order valence-electron chi connectivity index (χ4n) is 0.728. The van der Waals surface area contributed by atoms with Gasteiger partial charge in [0.15, 0.2) is 0 Å². The summed E-state index contributed by atoms with van der Waals surface area (Å²) in [5.41, 5.74) is 0. The van der Waals surface area contributed by atoms with Crippen LogP contribution >= 0.6 is 0 Å². The number of hydrogen-bond donors (Lipinski definition) is 1. The average molecular weight is 232 g/mol. The van der Waals surface area contributed by atoms with Crippen molar-refractivity contribution in [2.45, 2.75) is 6.42 Å². The second-order valence-electron chi connectivity index (χ2n) is 2.78. The van der Waals surface area contributed by atoms with E-state index in [2.05, 4.69) is 11.3 Å². The Hall–Kier alpha value is -1.40. The van der Waals surface area contributed by atoms with Gasteiger partial charge >= 0.3 is 11.9 Å². The van der Waals surface area contributed by atoms with Crippen LogP contribution in [0.3, 0.4) is 0 Å². The second kappa shape index (κ2) is 10.1. The van der Waals surface area contributed by atoms with Crippen LogP contribution < -0.4 is 0 Å². The normalized spacial score (nSPS) is 9.75. The van der Waals surface area contributed by atoms with Crippen molar-refractivity contribution in [1.82, 2.24) is 0 Å². The fraction of sp³-hybridized carbons (Fsp3) is 0.600. The van der Waals surface area contributed by atoms with Crippen molar-refractivity contribution in [2.24, 2.45) is 0 Å². The van der Waals surface area contributed by atoms with Crippen LogP contribution in [-0.4, -0.2) is 50.1 Å². The average Bonchev–Trinajstić information content (AvgIpc) is 2.24. The minimum Gasteiger partial charge on any atom is -0.481 e. The fourth-order valence-corrected chi connectivity index (χ4v) is 0.728. The van der Waals surface area contributed by atoms with E-state index in [0.717, 1.165) is 0 Å². The summed E-state index contributed by atoms with van der Waals surface area (Å²) in [5, 5.41) is 8.29. The van der Waals surface area contributed by atoms with Crippen LogP contribution in [0, 0.1) is 0 Å². The van der Waals surface area contributed by atoms with E-state index in [9.17, 15) is 9.59 Å². The molecule has 16 heavy (non-hydrogen) atoms. The number of esters is 1. The second-order valence-corrected chi connectivity index (χ2v) is 2.78. The van der Waals surface area contributed by atoms with Gasteiger partial charge in [-0.3, -0.25) is 4.79 Å². The van der Waals surface area contributed by atoms with Gasteiger partial charge in [-0.1, -0.05) is 12.7 Å². The molecular weight excluding hydrogens is 216 g/mol. The molecule has 0 aliphatic rings. The van der Waals surface area contributed by atoms with E-state index < -0.39 is 11.9 Å². The maximum Gasteiger partial charge on any atom is 0.332 e. The lowest BCUT2D eigenvalue weighted by molar-refractivity contribution is -0.148. The largest absolute Gasteiger partial charge is 0.481 e. The molecule has 0 atom stereocenters. The van der Waals surface area contributed by atoms with Gasteiger partial charge < -0.3 is 19.3 Å². The first-order valence-electron chi connectivity index (χ1n) is 4.80. The molecule has 6 nitrogen and oxygen atoms in total. The van der Waals surface area contributed by atoms with Gasteiger partial charge in [0.05, 0.1) is 26.2 Å². The molecule has 1 N–H and O–H groups in total. The topological polar surface area (TPSA) is 82.1 Å². The van der Waals surface area contributed by atoms with Gasteiger partial charge in [-0.15, -0.1) is 0 Å². The van der Waals surface area contributed by atoms with Crippen LogP contribution in [0.5, 0.6) is 0 Å². The third-order valence-corrected chi connectivity index (χ3v) is 1.41. The first-order valence-corrected chi connectivity index (χ1v) is 4.80. The van der Waals surface area contributed by atoms with Crippen molar-refractivity contribution in [2.75, 3.05) is 33.0 Å². The lowest BCUT2D eigenvalue weighted by Crippen LogP contribution is -2.15. The molecule has 0 rings (SSSR count). The van der Waals surface area contributed by atoms with Crippen molar-refractivity contribution >= 4 is 11.9 Å². The SMILES string of the molecule is C=CCOC(=O)COCCOCCC(=O)O. The highest BCUT2D eigenvalue weighted by Gasteiger charge is 2.01. The third kappa shape index (κ3) is 10.7. The summed E-state index contributed by atoms with van der Waals surface area (Å²) in [7, 11) is 0. The number of aliphatic carboxylic acids is 1. The van der Waals surface area contributed by atoms with E-state index >= 15 is 0 Å². The highest BCUT2D eigenvalue weighted by Crippen LogP contribution is 1.85. The van der Waals surface area contributed by atoms with E-state index in [1.165, 1.54) is 6.08 Å². The number of rotatable bonds is 10.